The average molecular weight is 336 g/mol. The van der Waals surface area contributed by atoms with Gasteiger partial charge in [0.05, 0.1) is 12.1 Å². The van der Waals surface area contributed by atoms with Gasteiger partial charge in [-0.1, -0.05) is 30.3 Å². The summed E-state index contributed by atoms with van der Waals surface area (Å²) in [6.45, 7) is 0. The van der Waals surface area contributed by atoms with Crippen LogP contribution in [0, 0.1) is 0 Å². The van der Waals surface area contributed by atoms with Crippen LogP contribution in [0.2, 0.25) is 0 Å². The highest BCUT2D eigenvalue weighted by Crippen LogP contribution is 2.31. The second kappa shape index (κ2) is 6.33. The molecule has 0 fully saturated rings. The monoisotopic (exact) mass is 336 g/mol. The molecule has 3 N–H and O–H groups in total. The Labute approximate surface area is 146 Å². The molecule has 2 atom stereocenters. The van der Waals surface area contributed by atoms with Crippen molar-refractivity contribution in [1.29, 1.82) is 0 Å². The molecule has 0 aliphatic heterocycles. The smallest absolute Gasteiger partial charge is 0.319 e. The quantitative estimate of drug-likeness (QED) is 0.789. The summed E-state index contributed by atoms with van der Waals surface area (Å²) >= 11 is 0. The van der Waals surface area contributed by atoms with Crippen LogP contribution in [0.25, 0.3) is 0 Å². The van der Waals surface area contributed by atoms with E-state index in [1.807, 2.05) is 36.4 Å². The molecule has 5 heteroatoms. The Morgan fingerprint density at radius 3 is 2.80 bits per heavy atom. The summed E-state index contributed by atoms with van der Waals surface area (Å²) in [6, 6.07) is 12.4. The molecular formula is C20H20N2O3. The lowest BCUT2D eigenvalue weighted by Gasteiger charge is -2.19. The van der Waals surface area contributed by atoms with Gasteiger partial charge in [0.2, 0.25) is 0 Å². The number of urea groups is 1. The fourth-order valence-electron chi connectivity index (χ4n) is 3.76. The highest BCUT2D eigenvalue weighted by atomic mass is 16.3. The van der Waals surface area contributed by atoms with Gasteiger partial charge in [0.15, 0.2) is 5.78 Å². The van der Waals surface area contributed by atoms with Crippen LogP contribution in [0.1, 0.15) is 45.9 Å². The molecule has 2 unspecified atom stereocenters. The maximum Gasteiger partial charge on any atom is 0.319 e. The predicted molar refractivity (Wildman–Crippen MR) is 94.8 cm³/mol. The number of aliphatic hydroxyl groups is 1. The van der Waals surface area contributed by atoms with E-state index < -0.39 is 12.1 Å². The second-order valence-electron chi connectivity index (χ2n) is 6.70. The van der Waals surface area contributed by atoms with Crippen molar-refractivity contribution >= 4 is 17.5 Å². The Morgan fingerprint density at radius 1 is 1.08 bits per heavy atom. The SMILES string of the molecule is O=C(Nc1ccc2c(c1)C(=O)CCC2)NC1c2ccccc2CC1O. The van der Waals surface area contributed by atoms with Gasteiger partial charge in [0.25, 0.3) is 0 Å². The molecule has 2 aromatic carbocycles. The van der Waals surface area contributed by atoms with Crippen molar-refractivity contribution in [3.05, 3.63) is 64.7 Å². The number of benzene rings is 2. The van der Waals surface area contributed by atoms with Gasteiger partial charge in [0, 0.05) is 24.1 Å². The summed E-state index contributed by atoms with van der Waals surface area (Å²) in [4.78, 5) is 24.4. The van der Waals surface area contributed by atoms with Crippen molar-refractivity contribution in [2.24, 2.45) is 0 Å². The standard InChI is InChI=1S/C20H20N2O3/c23-17-7-3-5-12-8-9-14(11-16(12)17)21-20(25)22-19-15-6-2-1-4-13(15)10-18(19)24/h1-2,4,6,8-9,11,18-19,24H,3,5,7,10H2,(H2,21,22,25). The number of carbonyl (C=O) groups is 2. The van der Waals surface area contributed by atoms with E-state index in [1.54, 1.807) is 6.07 Å². The number of hydrogen-bond acceptors (Lipinski definition) is 3. The van der Waals surface area contributed by atoms with Crippen molar-refractivity contribution in [2.75, 3.05) is 5.32 Å². The summed E-state index contributed by atoms with van der Waals surface area (Å²) in [5, 5.41) is 15.8. The molecule has 0 aromatic heterocycles. The summed E-state index contributed by atoms with van der Waals surface area (Å²) in [5.74, 6) is 0.130. The van der Waals surface area contributed by atoms with E-state index in [0.29, 0.717) is 24.1 Å². The summed E-state index contributed by atoms with van der Waals surface area (Å²) in [5.41, 5.74) is 4.34. The van der Waals surface area contributed by atoms with Gasteiger partial charge in [-0.15, -0.1) is 0 Å². The Kier molecular flexibility index (Phi) is 4.01. The van der Waals surface area contributed by atoms with Gasteiger partial charge in [-0.2, -0.15) is 0 Å². The molecule has 0 radical (unpaired) electrons. The zero-order valence-electron chi connectivity index (χ0n) is 13.8. The Morgan fingerprint density at radius 2 is 1.92 bits per heavy atom. The van der Waals surface area contributed by atoms with E-state index in [9.17, 15) is 14.7 Å². The van der Waals surface area contributed by atoms with E-state index in [-0.39, 0.29) is 11.8 Å². The number of anilines is 1. The molecule has 0 spiro atoms. The molecule has 0 saturated carbocycles. The topological polar surface area (TPSA) is 78.4 Å². The van der Waals surface area contributed by atoms with Crippen molar-refractivity contribution in [3.63, 3.8) is 0 Å². The molecule has 0 bridgehead atoms. The first-order chi connectivity index (χ1) is 12.1. The molecule has 4 rings (SSSR count). The van der Waals surface area contributed by atoms with Crippen LogP contribution in [0.15, 0.2) is 42.5 Å². The lowest BCUT2D eigenvalue weighted by atomic mass is 9.90. The minimum atomic E-state index is -0.631. The number of carbonyl (C=O) groups excluding carboxylic acids is 2. The zero-order valence-corrected chi connectivity index (χ0v) is 13.8. The molecule has 2 amide bonds. The predicted octanol–water partition coefficient (Wildman–Crippen LogP) is 2.99. The third-order valence-corrected chi connectivity index (χ3v) is 5.01. The van der Waals surface area contributed by atoms with Gasteiger partial charge in [-0.05, 0) is 41.7 Å². The van der Waals surface area contributed by atoms with E-state index in [4.69, 9.17) is 0 Å². The van der Waals surface area contributed by atoms with Crippen molar-refractivity contribution < 1.29 is 14.7 Å². The van der Waals surface area contributed by atoms with Gasteiger partial charge >= 0.3 is 6.03 Å². The fraction of sp³-hybridized carbons (Fsp3) is 0.300. The third-order valence-electron chi connectivity index (χ3n) is 5.01. The zero-order chi connectivity index (χ0) is 17.4. The van der Waals surface area contributed by atoms with Crippen LogP contribution in [0.3, 0.4) is 0 Å². The van der Waals surface area contributed by atoms with E-state index in [2.05, 4.69) is 10.6 Å². The summed E-state index contributed by atoms with van der Waals surface area (Å²) in [7, 11) is 0. The van der Waals surface area contributed by atoms with Crippen LogP contribution in [0.5, 0.6) is 0 Å². The number of amides is 2. The Bertz CT molecular complexity index is 847. The first-order valence-corrected chi connectivity index (χ1v) is 8.61. The number of aliphatic hydroxyl groups excluding tert-OH is 1. The number of hydrogen-bond donors (Lipinski definition) is 3. The average Bonchev–Trinajstić information content (AvgIpc) is 2.91. The second-order valence-corrected chi connectivity index (χ2v) is 6.70. The van der Waals surface area contributed by atoms with Crippen LogP contribution in [-0.4, -0.2) is 23.0 Å². The highest BCUT2D eigenvalue weighted by Gasteiger charge is 2.31. The maximum atomic E-state index is 12.4. The number of aryl methyl sites for hydroxylation is 1. The number of Topliss-reactive ketones (excluding diaryl/α,β-unsaturated/α-hetero) is 1. The van der Waals surface area contributed by atoms with E-state index in [0.717, 1.165) is 29.5 Å². The molecular weight excluding hydrogens is 316 g/mol. The molecule has 0 saturated heterocycles. The van der Waals surface area contributed by atoms with Crippen molar-refractivity contribution in [3.8, 4) is 0 Å². The lowest BCUT2D eigenvalue weighted by molar-refractivity contribution is 0.0972. The van der Waals surface area contributed by atoms with Crippen LogP contribution in [0.4, 0.5) is 10.5 Å². The minimum Gasteiger partial charge on any atom is -0.390 e. The largest absolute Gasteiger partial charge is 0.390 e. The van der Waals surface area contributed by atoms with Crippen LogP contribution in [-0.2, 0) is 12.8 Å². The minimum absolute atomic E-state index is 0.130. The fourth-order valence-corrected chi connectivity index (χ4v) is 3.76. The molecule has 128 valence electrons. The molecule has 2 aromatic rings. The third kappa shape index (κ3) is 3.03. The van der Waals surface area contributed by atoms with Gasteiger partial charge in [0.1, 0.15) is 0 Å². The van der Waals surface area contributed by atoms with E-state index in [1.165, 1.54) is 0 Å². The van der Waals surface area contributed by atoms with Gasteiger partial charge < -0.3 is 15.7 Å². The molecule has 25 heavy (non-hydrogen) atoms. The Balaban J connectivity index is 1.48. The van der Waals surface area contributed by atoms with E-state index >= 15 is 0 Å². The molecule has 0 heterocycles. The van der Waals surface area contributed by atoms with Crippen LogP contribution >= 0.6 is 0 Å². The first-order valence-electron chi connectivity index (χ1n) is 8.61. The van der Waals surface area contributed by atoms with Crippen molar-refractivity contribution in [1.82, 2.24) is 5.32 Å². The summed E-state index contributed by atoms with van der Waals surface area (Å²) < 4.78 is 0. The van der Waals surface area contributed by atoms with Crippen LogP contribution < -0.4 is 10.6 Å². The number of nitrogens with one attached hydrogen (secondary N) is 2. The number of fused-ring (bicyclic) bond motifs is 2. The normalized spacial score (nSPS) is 21.4. The first kappa shape index (κ1) is 15.8. The Hall–Kier alpha value is -2.66. The number of rotatable bonds is 2. The van der Waals surface area contributed by atoms with Crippen molar-refractivity contribution in [2.45, 2.75) is 37.8 Å². The molecule has 5 nitrogen and oxygen atoms in total. The lowest BCUT2D eigenvalue weighted by Crippen LogP contribution is -2.36. The van der Waals surface area contributed by atoms with Gasteiger partial charge in [-0.25, -0.2) is 4.79 Å². The highest BCUT2D eigenvalue weighted by molar-refractivity contribution is 6.00. The maximum absolute atomic E-state index is 12.4. The number of ketones is 1. The molecule has 2 aliphatic carbocycles. The molecule has 2 aliphatic rings. The van der Waals surface area contributed by atoms with Gasteiger partial charge in [-0.3, -0.25) is 4.79 Å². The summed E-state index contributed by atoms with van der Waals surface area (Å²) in [6.07, 6.45) is 2.26.